The van der Waals surface area contributed by atoms with Crippen molar-refractivity contribution in [3.63, 3.8) is 0 Å². The molecule has 18 heavy (non-hydrogen) atoms. The van der Waals surface area contributed by atoms with E-state index in [-0.39, 0.29) is 11.1 Å². The Labute approximate surface area is 106 Å². The molecule has 1 nitrogen and oxygen atoms in total. The fraction of sp³-hybridized carbons (Fsp3) is 0. The standard InChI is InChI=1S/C13H4ClF3N/c14-13-8(2-1-3-9(13)15)12-10(16)4-7(6-18)5-11(12)17/h1,3-5H. The first-order valence-corrected chi connectivity index (χ1v) is 5.17. The van der Waals surface area contributed by atoms with Crippen LogP contribution in [0, 0.1) is 34.8 Å². The molecule has 2 aromatic rings. The van der Waals surface area contributed by atoms with Crippen molar-refractivity contribution in [2.24, 2.45) is 0 Å². The van der Waals surface area contributed by atoms with Crippen LogP contribution in [0.2, 0.25) is 5.02 Å². The normalized spacial score (nSPS) is 10.2. The number of benzene rings is 2. The molecule has 0 bridgehead atoms. The van der Waals surface area contributed by atoms with Gasteiger partial charge in [-0.3, -0.25) is 0 Å². The quantitative estimate of drug-likeness (QED) is 0.762. The van der Waals surface area contributed by atoms with Crippen LogP contribution >= 0.6 is 11.6 Å². The van der Waals surface area contributed by atoms with Crippen LogP contribution in [0.15, 0.2) is 24.3 Å². The monoisotopic (exact) mass is 266 g/mol. The molecule has 0 N–H and O–H groups in total. The Morgan fingerprint density at radius 2 is 1.72 bits per heavy atom. The minimum absolute atomic E-state index is 0.165. The van der Waals surface area contributed by atoms with Crippen molar-refractivity contribution in [1.29, 1.82) is 5.26 Å². The average molecular weight is 267 g/mol. The van der Waals surface area contributed by atoms with E-state index >= 15 is 0 Å². The van der Waals surface area contributed by atoms with Gasteiger partial charge in [-0.2, -0.15) is 5.26 Å². The summed E-state index contributed by atoms with van der Waals surface area (Å²) in [6, 6.07) is 8.01. The van der Waals surface area contributed by atoms with Gasteiger partial charge in [0.25, 0.3) is 0 Å². The molecule has 0 saturated carbocycles. The second kappa shape index (κ2) is 4.71. The largest absolute Gasteiger partial charge is 0.206 e. The SMILES string of the molecule is N#Cc1cc(F)c(-c2[c]ccc(F)c2Cl)c(F)c1. The van der Waals surface area contributed by atoms with E-state index in [4.69, 9.17) is 16.9 Å². The zero-order valence-corrected chi connectivity index (χ0v) is 9.52. The maximum atomic E-state index is 13.7. The van der Waals surface area contributed by atoms with Crippen molar-refractivity contribution in [2.45, 2.75) is 0 Å². The van der Waals surface area contributed by atoms with Crippen molar-refractivity contribution < 1.29 is 13.2 Å². The molecule has 1 radical (unpaired) electrons. The van der Waals surface area contributed by atoms with E-state index in [9.17, 15) is 13.2 Å². The van der Waals surface area contributed by atoms with E-state index in [0.29, 0.717) is 0 Å². The molecule has 0 aliphatic heterocycles. The fourth-order valence-corrected chi connectivity index (χ4v) is 1.72. The zero-order valence-electron chi connectivity index (χ0n) is 8.77. The summed E-state index contributed by atoms with van der Waals surface area (Å²) in [6.07, 6.45) is 0. The molecular formula is C13H4ClF3N. The molecule has 0 aromatic heterocycles. The van der Waals surface area contributed by atoms with Crippen LogP contribution < -0.4 is 0 Å². The Bertz CT molecular complexity index is 639. The van der Waals surface area contributed by atoms with Gasteiger partial charge < -0.3 is 0 Å². The summed E-state index contributed by atoms with van der Waals surface area (Å²) in [5.74, 6) is -2.78. The van der Waals surface area contributed by atoms with E-state index < -0.39 is 28.0 Å². The van der Waals surface area contributed by atoms with E-state index in [0.717, 1.165) is 18.2 Å². The predicted octanol–water partition coefficient (Wildman–Crippen LogP) is 4.10. The first kappa shape index (κ1) is 12.5. The lowest BCUT2D eigenvalue weighted by molar-refractivity contribution is 0.588. The van der Waals surface area contributed by atoms with Gasteiger partial charge in [-0.05, 0) is 24.3 Å². The van der Waals surface area contributed by atoms with E-state index in [2.05, 4.69) is 6.07 Å². The molecular weight excluding hydrogens is 263 g/mol. The van der Waals surface area contributed by atoms with Crippen LogP contribution in [0.1, 0.15) is 5.56 Å². The first-order chi connectivity index (χ1) is 8.54. The van der Waals surface area contributed by atoms with Crippen LogP contribution in [0.25, 0.3) is 11.1 Å². The summed E-state index contributed by atoms with van der Waals surface area (Å²) in [4.78, 5) is 0. The van der Waals surface area contributed by atoms with Gasteiger partial charge in [-0.15, -0.1) is 0 Å². The Morgan fingerprint density at radius 1 is 1.11 bits per heavy atom. The summed E-state index contributed by atoms with van der Waals surface area (Å²) in [5.41, 5.74) is -0.879. The number of rotatable bonds is 1. The predicted molar refractivity (Wildman–Crippen MR) is 60.3 cm³/mol. The van der Waals surface area contributed by atoms with Gasteiger partial charge >= 0.3 is 0 Å². The number of nitrogens with zero attached hydrogens (tertiary/aromatic N) is 1. The third kappa shape index (κ3) is 2.05. The van der Waals surface area contributed by atoms with E-state index in [1.54, 1.807) is 6.07 Å². The highest BCUT2D eigenvalue weighted by atomic mass is 35.5. The van der Waals surface area contributed by atoms with Crippen molar-refractivity contribution in [1.82, 2.24) is 0 Å². The van der Waals surface area contributed by atoms with Crippen LogP contribution in [0.5, 0.6) is 0 Å². The summed E-state index contributed by atoms with van der Waals surface area (Å²) in [5, 5.41) is 8.15. The maximum absolute atomic E-state index is 13.7. The summed E-state index contributed by atoms with van der Waals surface area (Å²) in [6.45, 7) is 0. The number of halogens is 4. The van der Waals surface area contributed by atoms with E-state index in [1.807, 2.05) is 0 Å². The fourth-order valence-electron chi connectivity index (χ4n) is 1.51. The van der Waals surface area contributed by atoms with Crippen LogP contribution in [0.3, 0.4) is 0 Å². The molecule has 0 spiro atoms. The van der Waals surface area contributed by atoms with Gasteiger partial charge in [-0.25, -0.2) is 13.2 Å². The number of hydrogen-bond acceptors (Lipinski definition) is 1. The highest BCUT2D eigenvalue weighted by Gasteiger charge is 2.17. The lowest BCUT2D eigenvalue weighted by atomic mass is 10.0. The molecule has 0 aliphatic carbocycles. The summed E-state index contributed by atoms with van der Waals surface area (Å²) < 4.78 is 40.6. The van der Waals surface area contributed by atoms with Gasteiger partial charge in [0.05, 0.1) is 22.2 Å². The molecule has 0 fully saturated rings. The van der Waals surface area contributed by atoms with E-state index in [1.165, 1.54) is 6.07 Å². The minimum atomic E-state index is -0.990. The lowest BCUT2D eigenvalue weighted by Crippen LogP contribution is -1.94. The highest BCUT2D eigenvalue weighted by molar-refractivity contribution is 6.33. The van der Waals surface area contributed by atoms with Crippen LogP contribution in [-0.4, -0.2) is 0 Å². The Balaban J connectivity index is 2.73. The third-order valence-electron chi connectivity index (χ3n) is 2.31. The van der Waals surface area contributed by atoms with Crippen LogP contribution in [-0.2, 0) is 0 Å². The second-order valence-electron chi connectivity index (χ2n) is 3.44. The molecule has 5 heteroatoms. The summed E-state index contributed by atoms with van der Waals surface area (Å²) in [7, 11) is 0. The van der Waals surface area contributed by atoms with Gasteiger partial charge in [0.1, 0.15) is 17.5 Å². The molecule has 2 rings (SSSR count). The molecule has 0 saturated heterocycles. The Kier molecular flexibility index (Phi) is 3.26. The van der Waals surface area contributed by atoms with Crippen molar-refractivity contribution in [3.8, 4) is 17.2 Å². The van der Waals surface area contributed by atoms with Crippen molar-refractivity contribution in [2.75, 3.05) is 0 Å². The lowest BCUT2D eigenvalue weighted by Gasteiger charge is -2.07. The molecule has 89 valence electrons. The van der Waals surface area contributed by atoms with Crippen LogP contribution in [0.4, 0.5) is 13.2 Å². The Morgan fingerprint density at radius 3 is 2.28 bits per heavy atom. The molecule has 0 atom stereocenters. The molecule has 0 aliphatic rings. The third-order valence-corrected chi connectivity index (χ3v) is 2.68. The molecule has 2 aromatic carbocycles. The Hall–Kier alpha value is -1.99. The number of nitriles is 1. The van der Waals surface area contributed by atoms with Gasteiger partial charge in [0, 0.05) is 5.56 Å². The highest BCUT2D eigenvalue weighted by Crippen LogP contribution is 2.33. The summed E-state index contributed by atoms with van der Waals surface area (Å²) >= 11 is 5.64. The minimum Gasteiger partial charge on any atom is -0.206 e. The number of hydrogen-bond donors (Lipinski definition) is 0. The second-order valence-corrected chi connectivity index (χ2v) is 3.82. The smallest absolute Gasteiger partial charge is 0.142 e. The molecule has 0 heterocycles. The first-order valence-electron chi connectivity index (χ1n) is 4.79. The zero-order chi connectivity index (χ0) is 13.3. The molecule has 0 amide bonds. The van der Waals surface area contributed by atoms with Gasteiger partial charge in [0.15, 0.2) is 0 Å². The van der Waals surface area contributed by atoms with Crippen molar-refractivity contribution in [3.05, 3.63) is 58.4 Å². The maximum Gasteiger partial charge on any atom is 0.142 e. The van der Waals surface area contributed by atoms with Crippen molar-refractivity contribution >= 4 is 11.6 Å². The molecule has 0 unspecified atom stereocenters. The topological polar surface area (TPSA) is 23.8 Å². The van der Waals surface area contributed by atoms with Gasteiger partial charge in [-0.1, -0.05) is 17.7 Å². The van der Waals surface area contributed by atoms with Gasteiger partial charge in [0.2, 0.25) is 0 Å². The average Bonchev–Trinajstić information content (AvgIpc) is 2.33.